The third-order valence-electron chi connectivity index (χ3n) is 4.79. The first-order valence-corrected chi connectivity index (χ1v) is 8.42. The molecular formula is C17H21N3O2S. The zero-order valence-corrected chi connectivity index (χ0v) is 14.2. The van der Waals surface area contributed by atoms with Crippen LogP contribution in [0.3, 0.4) is 0 Å². The topological polar surface area (TPSA) is 66.9 Å². The summed E-state index contributed by atoms with van der Waals surface area (Å²) >= 11 is 5.13. The molecule has 1 aliphatic rings. The SMILES string of the molecule is C[C@H]1CCCC[C@@H]1NC(=O)c1ccc2c(=O)n(C)c(=S)[nH]c2c1. The summed E-state index contributed by atoms with van der Waals surface area (Å²) in [7, 11) is 1.63. The number of hydrogen-bond acceptors (Lipinski definition) is 3. The number of H-pyrrole nitrogens is 1. The van der Waals surface area contributed by atoms with Crippen molar-refractivity contribution in [2.24, 2.45) is 13.0 Å². The average molecular weight is 331 g/mol. The molecule has 1 aromatic carbocycles. The van der Waals surface area contributed by atoms with Gasteiger partial charge in [0.05, 0.1) is 10.9 Å². The number of rotatable bonds is 2. The summed E-state index contributed by atoms with van der Waals surface area (Å²) in [5.74, 6) is 0.414. The predicted octanol–water partition coefficient (Wildman–Crippen LogP) is 2.90. The molecule has 5 nitrogen and oxygen atoms in total. The minimum Gasteiger partial charge on any atom is -0.349 e. The monoisotopic (exact) mass is 331 g/mol. The molecule has 1 amide bonds. The summed E-state index contributed by atoms with van der Waals surface area (Å²) in [6, 6.07) is 5.31. The zero-order chi connectivity index (χ0) is 16.6. The van der Waals surface area contributed by atoms with Crippen LogP contribution in [0.1, 0.15) is 43.0 Å². The lowest BCUT2D eigenvalue weighted by atomic mass is 9.86. The van der Waals surface area contributed by atoms with Crippen molar-refractivity contribution >= 4 is 29.0 Å². The van der Waals surface area contributed by atoms with Gasteiger partial charge in [-0.25, -0.2) is 0 Å². The highest BCUT2D eigenvalue weighted by Crippen LogP contribution is 2.24. The summed E-state index contributed by atoms with van der Waals surface area (Å²) in [4.78, 5) is 27.7. The van der Waals surface area contributed by atoms with Crippen LogP contribution in [0.5, 0.6) is 0 Å². The van der Waals surface area contributed by atoms with Gasteiger partial charge in [-0.3, -0.25) is 14.2 Å². The number of fused-ring (bicyclic) bond motifs is 1. The molecule has 1 heterocycles. The minimum absolute atomic E-state index is 0.0920. The van der Waals surface area contributed by atoms with Gasteiger partial charge in [0.1, 0.15) is 0 Å². The second-order valence-corrected chi connectivity index (χ2v) is 6.78. The molecule has 0 aliphatic heterocycles. The van der Waals surface area contributed by atoms with Crippen molar-refractivity contribution in [1.29, 1.82) is 0 Å². The highest BCUT2D eigenvalue weighted by Gasteiger charge is 2.23. The van der Waals surface area contributed by atoms with E-state index in [1.54, 1.807) is 25.2 Å². The second-order valence-electron chi connectivity index (χ2n) is 6.40. The maximum absolute atomic E-state index is 12.5. The van der Waals surface area contributed by atoms with E-state index in [0.717, 1.165) is 19.3 Å². The van der Waals surface area contributed by atoms with E-state index in [0.29, 0.717) is 27.2 Å². The van der Waals surface area contributed by atoms with Crippen LogP contribution in [-0.4, -0.2) is 21.5 Å². The maximum Gasteiger partial charge on any atom is 0.261 e. The second kappa shape index (κ2) is 6.28. The van der Waals surface area contributed by atoms with Gasteiger partial charge >= 0.3 is 0 Å². The normalized spacial score (nSPS) is 21.3. The van der Waals surface area contributed by atoms with E-state index < -0.39 is 0 Å². The Morgan fingerprint density at radius 2 is 2.09 bits per heavy atom. The number of aromatic nitrogens is 2. The molecule has 0 radical (unpaired) electrons. The number of nitrogens with zero attached hydrogens (tertiary/aromatic N) is 1. The van der Waals surface area contributed by atoms with E-state index in [2.05, 4.69) is 17.2 Å². The Morgan fingerprint density at radius 3 is 2.83 bits per heavy atom. The fraction of sp³-hybridized carbons (Fsp3) is 0.471. The Morgan fingerprint density at radius 1 is 1.35 bits per heavy atom. The standard InChI is InChI=1S/C17H21N3O2S/c1-10-5-3-4-6-13(10)18-15(21)11-7-8-12-14(9-11)19-17(23)20(2)16(12)22/h7-10,13H,3-6H2,1-2H3,(H,18,21)(H,19,23)/t10-,13-/m0/s1. The Balaban J connectivity index is 1.91. The molecule has 3 rings (SSSR count). The number of hydrogen-bond donors (Lipinski definition) is 2. The van der Waals surface area contributed by atoms with Crippen LogP contribution in [0.2, 0.25) is 0 Å². The summed E-state index contributed by atoms with van der Waals surface area (Å²) < 4.78 is 1.74. The smallest absolute Gasteiger partial charge is 0.261 e. The van der Waals surface area contributed by atoms with Gasteiger partial charge in [0.25, 0.3) is 11.5 Å². The van der Waals surface area contributed by atoms with Crippen LogP contribution in [0, 0.1) is 10.7 Å². The van der Waals surface area contributed by atoms with Gasteiger partial charge in [0.15, 0.2) is 4.77 Å². The number of benzene rings is 1. The van der Waals surface area contributed by atoms with Crippen molar-refractivity contribution in [2.45, 2.75) is 38.6 Å². The van der Waals surface area contributed by atoms with E-state index in [-0.39, 0.29) is 17.5 Å². The van der Waals surface area contributed by atoms with Crippen molar-refractivity contribution < 1.29 is 4.79 Å². The van der Waals surface area contributed by atoms with E-state index in [1.165, 1.54) is 11.0 Å². The van der Waals surface area contributed by atoms with Gasteiger partial charge in [0, 0.05) is 18.7 Å². The van der Waals surface area contributed by atoms with Crippen LogP contribution in [0.4, 0.5) is 0 Å². The Labute approximate surface area is 139 Å². The number of amides is 1. The molecule has 0 unspecified atom stereocenters. The molecule has 23 heavy (non-hydrogen) atoms. The largest absolute Gasteiger partial charge is 0.349 e. The van der Waals surface area contributed by atoms with E-state index in [9.17, 15) is 9.59 Å². The molecule has 0 bridgehead atoms. The fourth-order valence-corrected chi connectivity index (χ4v) is 3.42. The molecule has 2 aromatic rings. The lowest BCUT2D eigenvalue weighted by molar-refractivity contribution is 0.0910. The molecule has 1 fully saturated rings. The minimum atomic E-state index is -0.156. The molecular weight excluding hydrogens is 310 g/mol. The number of carbonyl (C=O) groups excluding carboxylic acids is 1. The van der Waals surface area contributed by atoms with Gasteiger partial charge < -0.3 is 10.3 Å². The van der Waals surface area contributed by atoms with Crippen LogP contribution in [0.25, 0.3) is 10.9 Å². The molecule has 2 N–H and O–H groups in total. The van der Waals surface area contributed by atoms with Crippen LogP contribution < -0.4 is 10.9 Å². The molecule has 0 spiro atoms. The first-order valence-electron chi connectivity index (χ1n) is 8.01. The lowest BCUT2D eigenvalue weighted by Gasteiger charge is -2.29. The molecule has 1 aliphatic carbocycles. The predicted molar refractivity (Wildman–Crippen MR) is 93.3 cm³/mol. The summed E-state index contributed by atoms with van der Waals surface area (Å²) in [5.41, 5.74) is 0.994. The first-order chi connectivity index (χ1) is 11.0. The third kappa shape index (κ3) is 3.08. The van der Waals surface area contributed by atoms with Crippen molar-refractivity contribution in [3.8, 4) is 0 Å². The highest BCUT2D eigenvalue weighted by molar-refractivity contribution is 7.71. The van der Waals surface area contributed by atoms with Crippen LogP contribution >= 0.6 is 12.2 Å². The first kappa shape index (κ1) is 15.9. The van der Waals surface area contributed by atoms with Gasteiger partial charge in [0.2, 0.25) is 0 Å². The van der Waals surface area contributed by atoms with E-state index >= 15 is 0 Å². The van der Waals surface area contributed by atoms with Crippen molar-refractivity contribution in [1.82, 2.24) is 14.9 Å². The Kier molecular flexibility index (Phi) is 4.35. The van der Waals surface area contributed by atoms with Crippen LogP contribution in [-0.2, 0) is 7.05 Å². The van der Waals surface area contributed by atoms with Crippen molar-refractivity contribution in [3.63, 3.8) is 0 Å². The molecule has 6 heteroatoms. The maximum atomic E-state index is 12.5. The Bertz CT molecular complexity index is 868. The van der Waals surface area contributed by atoms with Gasteiger partial charge in [-0.2, -0.15) is 0 Å². The molecule has 122 valence electrons. The summed E-state index contributed by atoms with van der Waals surface area (Å²) in [6.07, 6.45) is 4.59. The fourth-order valence-electron chi connectivity index (χ4n) is 3.23. The van der Waals surface area contributed by atoms with Gasteiger partial charge in [-0.1, -0.05) is 19.8 Å². The van der Waals surface area contributed by atoms with Crippen molar-refractivity contribution in [2.75, 3.05) is 0 Å². The average Bonchev–Trinajstić information content (AvgIpc) is 2.54. The number of nitrogens with one attached hydrogen (secondary N) is 2. The van der Waals surface area contributed by atoms with Gasteiger partial charge in [-0.05, 0) is 49.2 Å². The third-order valence-corrected chi connectivity index (χ3v) is 5.17. The van der Waals surface area contributed by atoms with E-state index in [4.69, 9.17) is 12.2 Å². The van der Waals surface area contributed by atoms with Crippen LogP contribution in [0.15, 0.2) is 23.0 Å². The van der Waals surface area contributed by atoms with Crippen molar-refractivity contribution in [3.05, 3.63) is 38.9 Å². The quantitative estimate of drug-likeness (QED) is 0.832. The number of carbonyl (C=O) groups is 1. The Hall–Kier alpha value is -1.95. The summed E-state index contributed by atoms with van der Waals surface area (Å²) in [5, 5.41) is 3.66. The molecule has 1 aromatic heterocycles. The summed E-state index contributed by atoms with van der Waals surface area (Å²) in [6.45, 7) is 2.19. The van der Waals surface area contributed by atoms with Gasteiger partial charge in [-0.15, -0.1) is 0 Å². The van der Waals surface area contributed by atoms with E-state index in [1.807, 2.05) is 0 Å². The highest BCUT2D eigenvalue weighted by atomic mass is 32.1. The molecule has 1 saturated carbocycles. The molecule has 0 saturated heterocycles. The zero-order valence-electron chi connectivity index (χ0n) is 13.4. The number of aromatic amines is 1. The lowest BCUT2D eigenvalue weighted by Crippen LogP contribution is -2.41. The molecule has 2 atom stereocenters.